The first-order valence-electron chi connectivity index (χ1n) is 7.10. The Balaban J connectivity index is 1.81. The van der Waals surface area contributed by atoms with Crippen LogP contribution in [-0.2, 0) is 6.54 Å². The number of aromatic nitrogens is 2. The van der Waals surface area contributed by atoms with Crippen LogP contribution in [0.4, 0.5) is 0 Å². The summed E-state index contributed by atoms with van der Waals surface area (Å²) in [4.78, 5) is 0. The normalized spacial score (nSPS) is 10.5. The Hall–Kier alpha value is -2.75. The first kappa shape index (κ1) is 14.2. The summed E-state index contributed by atoms with van der Waals surface area (Å²) in [7, 11) is 3.34. The van der Waals surface area contributed by atoms with Crippen molar-refractivity contribution >= 4 is 0 Å². The molecule has 112 valence electrons. The predicted octanol–water partition coefficient (Wildman–Crippen LogP) is 3.62. The second-order valence-electron chi connectivity index (χ2n) is 4.95. The molecule has 0 aliphatic rings. The van der Waals surface area contributed by atoms with Crippen molar-refractivity contribution in [2.24, 2.45) is 0 Å². The molecule has 0 atom stereocenters. The molecule has 0 saturated heterocycles. The van der Waals surface area contributed by atoms with Crippen LogP contribution in [0.1, 0.15) is 5.56 Å². The van der Waals surface area contributed by atoms with Crippen molar-refractivity contribution in [3.05, 3.63) is 66.4 Å². The number of benzene rings is 2. The van der Waals surface area contributed by atoms with Crippen molar-refractivity contribution in [3.63, 3.8) is 0 Å². The van der Waals surface area contributed by atoms with Crippen LogP contribution in [0.5, 0.6) is 11.5 Å². The molecule has 0 spiro atoms. The SMILES string of the molecule is COc1ccc(Cn2ccc(-c3ccccc3OC)n2)cc1. The zero-order chi connectivity index (χ0) is 15.4. The molecule has 0 fully saturated rings. The minimum Gasteiger partial charge on any atom is -0.497 e. The summed E-state index contributed by atoms with van der Waals surface area (Å²) in [5.41, 5.74) is 3.08. The van der Waals surface area contributed by atoms with Crippen LogP contribution in [0.2, 0.25) is 0 Å². The van der Waals surface area contributed by atoms with Gasteiger partial charge in [-0.15, -0.1) is 0 Å². The van der Waals surface area contributed by atoms with Gasteiger partial charge in [-0.2, -0.15) is 5.10 Å². The summed E-state index contributed by atoms with van der Waals surface area (Å²) in [6, 6.07) is 17.9. The highest BCUT2D eigenvalue weighted by Gasteiger charge is 2.08. The molecule has 0 saturated carbocycles. The summed E-state index contributed by atoms with van der Waals surface area (Å²) in [6.07, 6.45) is 1.98. The van der Waals surface area contributed by atoms with Gasteiger partial charge in [0.25, 0.3) is 0 Å². The Kier molecular flexibility index (Phi) is 4.10. The van der Waals surface area contributed by atoms with Crippen LogP contribution < -0.4 is 9.47 Å². The van der Waals surface area contributed by atoms with Crippen molar-refractivity contribution in [1.29, 1.82) is 0 Å². The Labute approximate surface area is 129 Å². The van der Waals surface area contributed by atoms with Gasteiger partial charge >= 0.3 is 0 Å². The molecule has 0 radical (unpaired) electrons. The van der Waals surface area contributed by atoms with Crippen molar-refractivity contribution in [2.45, 2.75) is 6.54 Å². The highest BCUT2D eigenvalue weighted by atomic mass is 16.5. The van der Waals surface area contributed by atoms with Crippen molar-refractivity contribution in [1.82, 2.24) is 9.78 Å². The molecule has 0 unspecified atom stereocenters. The molecular weight excluding hydrogens is 276 g/mol. The van der Waals surface area contributed by atoms with Gasteiger partial charge in [-0.1, -0.05) is 24.3 Å². The molecule has 2 aromatic carbocycles. The standard InChI is InChI=1S/C18H18N2O2/c1-21-15-9-7-14(8-10-15)13-20-12-11-17(19-20)16-5-3-4-6-18(16)22-2/h3-12H,13H2,1-2H3. The van der Waals surface area contributed by atoms with Gasteiger partial charge in [0.05, 0.1) is 26.5 Å². The van der Waals surface area contributed by atoms with Crippen LogP contribution in [0, 0.1) is 0 Å². The molecule has 0 aliphatic carbocycles. The molecule has 0 aliphatic heterocycles. The second kappa shape index (κ2) is 6.35. The molecule has 4 nitrogen and oxygen atoms in total. The first-order chi connectivity index (χ1) is 10.8. The fourth-order valence-corrected chi connectivity index (χ4v) is 2.37. The lowest BCUT2D eigenvalue weighted by atomic mass is 10.1. The third kappa shape index (κ3) is 2.96. The van der Waals surface area contributed by atoms with Crippen molar-refractivity contribution in [2.75, 3.05) is 14.2 Å². The van der Waals surface area contributed by atoms with E-state index in [0.29, 0.717) is 0 Å². The lowest BCUT2D eigenvalue weighted by Gasteiger charge is -2.06. The fourth-order valence-electron chi connectivity index (χ4n) is 2.37. The molecule has 0 bridgehead atoms. The van der Waals surface area contributed by atoms with Gasteiger partial charge in [-0.3, -0.25) is 4.68 Å². The number of ether oxygens (including phenoxy) is 2. The third-order valence-electron chi connectivity index (χ3n) is 3.53. The Bertz CT molecular complexity index is 748. The molecule has 3 rings (SSSR count). The zero-order valence-corrected chi connectivity index (χ0v) is 12.7. The number of rotatable bonds is 5. The average Bonchev–Trinajstić information content (AvgIpc) is 3.04. The molecule has 3 aromatic rings. The minimum absolute atomic E-state index is 0.721. The minimum atomic E-state index is 0.721. The van der Waals surface area contributed by atoms with E-state index in [2.05, 4.69) is 5.10 Å². The van der Waals surface area contributed by atoms with Crippen LogP contribution in [0.3, 0.4) is 0 Å². The van der Waals surface area contributed by atoms with Crippen LogP contribution >= 0.6 is 0 Å². The Morgan fingerprint density at radius 1 is 0.909 bits per heavy atom. The zero-order valence-electron chi connectivity index (χ0n) is 12.7. The molecule has 0 amide bonds. The summed E-state index contributed by atoms with van der Waals surface area (Å²) >= 11 is 0. The maximum Gasteiger partial charge on any atom is 0.128 e. The number of hydrogen-bond acceptors (Lipinski definition) is 3. The van der Waals surface area contributed by atoms with Gasteiger partial charge in [-0.05, 0) is 35.9 Å². The Morgan fingerprint density at radius 2 is 1.68 bits per heavy atom. The van der Waals surface area contributed by atoms with Gasteiger partial charge in [0.1, 0.15) is 11.5 Å². The largest absolute Gasteiger partial charge is 0.497 e. The van der Waals surface area contributed by atoms with Crippen LogP contribution in [0.15, 0.2) is 60.8 Å². The number of nitrogens with zero attached hydrogens (tertiary/aromatic N) is 2. The summed E-state index contributed by atoms with van der Waals surface area (Å²) < 4.78 is 12.5. The summed E-state index contributed by atoms with van der Waals surface area (Å²) in [6.45, 7) is 0.721. The molecule has 1 heterocycles. The van der Waals surface area contributed by atoms with E-state index < -0.39 is 0 Å². The monoisotopic (exact) mass is 294 g/mol. The number of methoxy groups -OCH3 is 2. The van der Waals surface area contributed by atoms with E-state index in [0.717, 1.165) is 29.3 Å². The lowest BCUT2D eigenvalue weighted by Crippen LogP contribution is -2.00. The van der Waals surface area contributed by atoms with Gasteiger partial charge in [-0.25, -0.2) is 0 Å². The van der Waals surface area contributed by atoms with Crippen LogP contribution in [0.25, 0.3) is 11.3 Å². The van der Waals surface area contributed by atoms with E-state index in [1.54, 1.807) is 14.2 Å². The molecule has 1 aromatic heterocycles. The number of para-hydroxylation sites is 1. The van der Waals surface area contributed by atoms with Crippen molar-refractivity contribution in [3.8, 4) is 22.8 Å². The lowest BCUT2D eigenvalue weighted by molar-refractivity contribution is 0.414. The molecule has 22 heavy (non-hydrogen) atoms. The topological polar surface area (TPSA) is 36.3 Å². The quantitative estimate of drug-likeness (QED) is 0.721. The maximum absolute atomic E-state index is 5.39. The Morgan fingerprint density at radius 3 is 2.41 bits per heavy atom. The van der Waals surface area contributed by atoms with E-state index in [1.165, 1.54) is 5.56 Å². The van der Waals surface area contributed by atoms with E-state index in [4.69, 9.17) is 9.47 Å². The van der Waals surface area contributed by atoms with E-state index >= 15 is 0 Å². The number of hydrogen-bond donors (Lipinski definition) is 0. The van der Waals surface area contributed by atoms with E-state index in [9.17, 15) is 0 Å². The molecular formula is C18H18N2O2. The summed E-state index contributed by atoms with van der Waals surface area (Å²) in [5.74, 6) is 1.69. The highest BCUT2D eigenvalue weighted by Crippen LogP contribution is 2.28. The average molecular weight is 294 g/mol. The van der Waals surface area contributed by atoms with Gasteiger partial charge < -0.3 is 9.47 Å². The molecule has 0 N–H and O–H groups in total. The summed E-state index contributed by atoms with van der Waals surface area (Å²) in [5, 5.41) is 4.63. The second-order valence-corrected chi connectivity index (χ2v) is 4.95. The van der Waals surface area contributed by atoms with Crippen LogP contribution in [-0.4, -0.2) is 24.0 Å². The van der Waals surface area contributed by atoms with Gasteiger partial charge in [0.15, 0.2) is 0 Å². The van der Waals surface area contributed by atoms with Gasteiger partial charge in [0.2, 0.25) is 0 Å². The smallest absolute Gasteiger partial charge is 0.128 e. The van der Waals surface area contributed by atoms with Crippen molar-refractivity contribution < 1.29 is 9.47 Å². The van der Waals surface area contributed by atoms with E-state index in [-0.39, 0.29) is 0 Å². The maximum atomic E-state index is 5.39. The predicted molar refractivity (Wildman–Crippen MR) is 86.3 cm³/mol. The fraction of sp³-hybridized carbons (Fsp3) is 0.167. The highest BCUT2D eigenvalue weighted by molar-refractivity contribution is 5.66. The molecule has 4 heteroatoms. The first-order valence-corrected chi connectivity index (χ1v) is 7.10. The van der Waals surface area contributed by atoms with Gasteiger partial charge in [0, 0.05) is 11.8 Å². The van der Waals surface area contributed by atoms with E-state index in [1.807, 2.05) is 65.5 Å². The third-order valence-corrected chi connectivity index (χ3v) is 3.53.